The van der Waals surface area contributed by atoms with E-state index in [4.69, 9.17) is 0 Å². The number of hydrogen-bond donors (Lipinski definition) is 0. The molecule has 2 saturated carbocycles. The molecule has 2 aliphatic rings. The predicted molar refractivity (Wildman–Crippen MR) is 89.8 cm³/mol. The molecule has 110 valence electrons. The van der Waals surface area contributed by atoms with E-state index in [1.165, 1.54) is 5.57 Å². The van der Waals surface area contributed by atoms with Crippen LogP contribution in [0.2, 0.25) is 0 Å². The minimum atomic E-state index is 0. The topological polar surface area (TPSA) is 14.1 Å². The fourth-order valence-corrected chi connectivity index (χ4v) is 1.01. The van der Waals surface area contributed by atoms with Crippen LogP contribution in [0.3, 0.4) is 0 Å². The monoisotopic (exact) mass is 359 g/mol. The minimum absolute atomic E-state index is 0. The fourth-order valence-electron chi connectivity index (χ4n) is 1.01. The van der Waals surface area contributed by atoms with E-state index in [0.717, 1.165) is 0 Å². The summed E-state index contributed by atoms with van der Waals surface area (Å²) in [7, 11) is 0. The Hall–Kier alpha value is 0.293. The first-order valence-electron chi connectivity index (χ1n) is 6.97. The van der Waals surface area contributed by atoms with Gasteiger partial charge in [0.15, 0.2) is 0 Å². The van der Waals surface area contributed by atoms with Crippen LogP contribution < -0.4 is 0 Å². The smallest absolute Gasteiger partial charge is 0.771 e. The van der Waals surface area contributed by atoms with Crippen molar-refractivity contribution in [1.82, 2.24) is 0 Å². The van der Waals surface area contributed by atoms with E-state index in [0.29, 0.717) is 0 Å². The largest absolute Gasteiger partial charge is 4.00 e. The molecular formula is C19H27NZr+2. The Morgan fingerprint density at radius 1 is 0.810 bits per heavy atom. The molecule has 0 bridgehead atoms. The molecule has 0 atom stereocenters. The van der Waals surface area contributed by atoms with Gasteiger partial charge in [-0.2, -0.15) is 0 Å². The van der Waals surface area contributed by atoms with Gasteiger partial charge in [0.05, 0.1) is 0 Å². The minimum Gasteiger partial charge on any atom is -0.771 e. The molecule has 0 N–H and O–H groups in total. The summed E-state index contributed by atoms with van der Waals surface area (Å²) < 4.78 is 0. The number of rotatable bonds is 2. The van der Waals surface area contributed by atoms with Crippen LogP contribution in [0.4, 0.5) is 0 Å². The Morgan fingerprint density at radius 2 is 1.10 bits per heavy atom. The van der Waals surface area contributed by atoms with Crippen molar-refractivity contribution < 1.29 is 26.2 Å². The summed E-state index contributed by atoms with van der Waals surface area (Å²) in [4.78, 5) is 0. The first-order valence-corrected chi connectivity index (χ1v) is 6.97. The van der Waals surface area contributed by atoms with Gasteiger partial charge >= 0.3 is 26.2 Å². The molecule has 0 aromatic rings. The summed E-state index contributed by atoms with van der Waals surface area (Å²) >= 11 is 0. The predicted octanol–water partition coefficient (Wildman–Crippen LogP) is 5.33. The van der Waals surface area contributed by atoms with Gasteiger partial charge in [-0.3, -0.25) is 0 Å². The molecule has 0 aliphatic heterocycles. The molecule has 2 aliphatic carbocycles. The molecule has 0 saturated heterocycles. The van der Waals surface area contributed by atoms with Gasteiger partial charge < -0.3 is 11.5 Å². The van der Waals surface area contributed by atoms with E-state index in [9.17, 15) is 0 Å². The maximum atomic E-state index is 4.33. The second kappa shape index (κ2) is 15.2. The Kier molecular flexibility index (Phi) is 17.1. The van der Waals surface area contributed by atoms with Gasteiger partial charge in [-0.15, -0.1) is 12.5 Å². The van der Waals surface area contributed by atoms with E-state index in [1.807, 2.05) is 77.3 Å². The third-order valence-electron chi connectivity index (χ3n) is 2.22. The molecular weight excluding hydrogens is 333 g/mol. The Morgan fingerprint density at radius 3 is 1.29 bits per heavy atom. The van der Waals surface area contributed by atoms with Gasteiger partial charge in [0.25, 0.3) is 0 Å². The molecule has 0 unspecified atom stereocenters. The molecule has 0 spiro atoms. The molecule has 2 heteroatoms. The summed E-state index contributed by atoms with van der Waals surface area (Å²) in [6.07, 6.45) is 24.0. The van der Waals surface area contributed by atoms with Gasteiger partial charge in [0, 0.05) is 0 Å². The zero-order chi connectivity index (χ0) is 15.3. The van der Waals surface area contributed by atoms with E-state index < -0.39 is 0 Å². The molecule has 0 aromatic carbocycles. The number of nitrogens with zero attached hydrogens (tertiary/aromatic N) is 1. The molecule has 0 aromatic heterocycles. The maximum absolute atomic E-state index is 4.33. The summed E-state index contributed by atoms with van der Waals surface area (Å²) in [6, 6.07) is 0. The van der Waals surface area contributed by atoms with Gasteiger partial charge in [-0.05, 0) is 64.2 Å². The first-order chi connectivity index (χ1) is 9.45. The molecule has 10 radical (unpaired) electrons. The van der Waals surface area contributed by atoms with E-state index >= 15 is 0 Å². The Balaban J connectivity index is 0. The Bertz CT molecular complexity index is 207. The summed E-state index contributed by atoms with van der Waals surface area (Å²) in [6.45, 7) is 10.3. The van der Waals surface area contributed by atoms with Gasteiger partial charge in [-0.1, -0.05) is 27.7 Å². The first kappa shape index (κ1) is 23.6. The van der Waals surface area contributed by atoms with Crippen molar-refractivity contribution in [3.05, 3.63) is 87.7 Å². The van der Waals surface area contributed by atoms with Crippen LogP contribution in [-0.4, -0.2) is 5.54 Å². The Labute approximate surface area is 153 Å². The van der Waals surface area contributed by atoms with E-state index in [2.05, 4.69) is 39.4 Å². The zero-order valence-electron chi connectivity index (χ0n) is 13.9. The molecule has 1 nitrogen and oxygen atoms in total. The van der Waals surface area contributed by atoms with Crippen LogP contribution >= 0.6 is 0 Å². The number of hydrogen-bond acceptors (Lipinski definition) is 0. The van der Waals surface area contributed by atoms with E-state index in [1.54, 1.807) is 0 Å². The van der Waals surface area contributed by atoms with E-state index in [-0.39, 0.29) is 31.7 Å². The standard InChI is InChI=1S/C9H17N.2C5H5.Zr/c1-6-8(2)7-10-9(3,4)5;2*1-2-4-5-3-1;/h6-7H,1-5H3;2*1-5H;/q-2;;;+4/b8-7-;;;. The van der Waals surface area contributed by atoms with Crippen LogP contribution in [0.1, 0.15) is 34.6 Å². The van der Waals surface area contributed by atoms with Crippen molar-refractivity contribution in [2.75, 3.05) is 0 Å². The fraction of sp³-hybridized carbons (Fsp3) is 0.316. The van der Waals surface area contributed by atoms with Gasteiger partial charge in [0.1, 0.15) is 0 Å². The van der Waals surface area contributed by atoms with Gasteiger partial charge in [-0.25, -0.2) is 12.0 Å². The normalized spacial score (nSPS) is 17.7. The number of allylic oxidation sites excluding steroid dienone is 1. The average molecular weight is 361 g/mol. The van der Waals surface area contributed by atoms with Crippen molar-refractivity contribution in [3.8, 4) is 0 Å². The van der Waals surface area contributed by atoms with Crippen molar-refractivity contribution in [1.29, 1.82) is 0 Å². The SMILES string of the molecule is C[CH-]/C(C)=C\[N-]C(C)(C)C.[CH]1[CH][CH][CH][CH]1.[CH]1[CH][CH][CH][CH]1.[Zr+4]. The van der Waals surface area contributed by atoms with Crippen LogP contribution in [0.25, 0.3) is 5.32 Å². The molecule has 2 fully saturated rings. The van der Waals surface area contributed by atoms with Crippen molar-refractivity contribution in [3.63, 3.8) is 0 Å². The van der Waals surface area contributed by atoms with Crippen LogP contribution in [0.15, 0.2) is 11.8 Å². The second-order valence-electron chi connectivity index (χ2n) is 5.39. The van der Waals surface area contributed by atoms with Crippen molar-refractivity contribution in [2.45, 2.75) is 40.2 Å². The van der Waals surface area contributed by atoms with Crippen LogP contribution in [-0.2, 0) is 26.2 Å². The second-order valence-corrected chi connectivity index (χ2v) is 5.39. The third kappa shape index (κ3) is 20.3. The quantitative estimate of drug-likeness (QED) is 0.591. The zero-order valence-corrected chi connectivity index (χ0v) is 16.3. The maximum Gasteiger partial charge on any atom is 4.00 e. The molecule has 0 heterocycles. The average Bonchev–Trinajstić information content (AvgIpc) is 3.10. The van der Waals surface area contributed by atoms with Crippen LogP contribution in [0.5, 0.6) is 0 Å². The third-order valence-corrected chi connectivity index (χ3v) is 2.22. The summed E-state index contributed by atoms with van der Waals surface area (Å²) in [5.41, 5.74) is 1.28. The van der Waals surface area contributed by atoms with Crippen molar-refractivity contribution >= 4 is 0 Å². The molecule has 21 heavy (non-hydrogen) atoms. The molecule has 0 amide bonds. The summed E-state index contributed by atoms with van der Waals surface area (Å²) in [5.74, 6) is 0. The van der Waals surface area contributed by atoms with Gasteiger partial charge in [0.2, 0.25) is 0 Å². The summed E-state index contributed by atoms with van der Waals surface area (Å²) in [5, 5.41) is 4.33. The molecule has 2 rings (SSSR count). The van der Waals surface area contributed by atoms with Crippen LogP contribution in [0, 0.1) is 70.6 Å². The van der Waals surface area contributed by atoms with Crippen molar-refractivity contribution in [2.24, 2.45) is 0 Å².